The number of hydrogen-bond donors (Lipinski definition) is 1. The summed E-state index contributed by atoms with van der Waals surface area (Å²) >= 11 is 3.30. The van der Waals surface area contributed by atoms with Gasteiger partial charge in [0.05, 0.1) is 12.2 Å². The average Bonchev–Trinajstić information content (AvgIpc) is 2.07. The number of ether oxygens (including phenoxy) is 1. The van der Waals surface area contributed by atoms with Gasteiger partial charge in [-0.3, -0.25) is 0 Å². The van der Waals surface area contributed by atoms with Crippen LogP contribution in [0, 0.1) is 0 Å². The second-order valence-electron chi connectivity index (χ2n) is 2.95. The molecule has 11 heavy (non-hydrogen) atoms. The summed E-state index contributed by atoms with van der Waals surface area (Å²) in [5.74, 6) is 0. The molecule has 1 fully saturated rings. The molecule has 0 amide bonds. The Morgan fingerprint density at radius 1 is 1.55 bits per heavy atom. The van der Waals surface area contributed by atoms with E-state index in [0.717, 1.165) is 31.2 Å². The zero-order chi connectivity index (χ0) is 8.10. The van der Waals surface area contributed by atoms with E-state index in [0.29, 0.717) is 0 Å². The first-order valence-electron chi connectivity index (χ1n) is 4.20. The summed E-state index contributed by atoms with van der Waals surface area (Å²) in [6.45, 7) is 0.823. The summed E-state index contributed by atoms with van der Waals surface area (Å²) in [5.41, 5.74) is 0. The zero-order valence-electron chi connectivity index (χ0n) is 6.63. The van der Waals surface area contributed by atoms with Gasteiger partial charge in [-0.1, -0.05) is 15.9 Å². The third-order valence-corrected chi connectivity index (χ3v) is 2.51. The van der Waals surface area contributed by atoms with Gasteiger partial charge in [-0.05, 0) is 25.7 Å². The Kier molecular flexibility index (Phi) is 4.41. The lowest BCUT2D eigenvalue weighted by atomic mass is 10.0. The molecule has 0 spiro atoms. The molecular formula is C8H15BrO2. The molecule has 0 aromatic heterocycles. The van der Waals surface area contributed by atoms with E-state index in [1.54, 1.807) is 0 Å². The molecule has 2 atom stereocenters. The van der Waals surface area contributed by atoms with Crippen LogP contribution in [0.25, 0.3) is 0 Å². The van der Waals surface area contributed by atoms with Crippen LogP contribution in [-0.4, -0.2) is 29.3 Å². The summed E-state index contributed by atoms with van der Waals surface area (Å²) in [6, 6.07) is 0. The standard InChI is InChI=1S/C8H15BrO2/c9-5-4-7(10)8-3-1-2-6-11-8/h7-8,10H,1-6H2. The Hall–Kier alpha value is 0.400. The molecule has 0 saturated carbocycles. The Morgan fingerprint density at radius 3 is 2.91 bits per heavy atom. The fourth-order valence-corrected chi connectivity index (χ4v) is 1.84. The SMILES string of the molecule is OC(CCBr)C1CCCCO1. The molecule has 3 heteroatoms. The molecule has 0 aromatic rings. The Balaban J connectivity index is 2.21. The van der Waals surface area contributed by atoms with Gasteiger partial charge in [0.15, 0.2) is 0 Å². The van der Waals surface area contributed by atoms with Gasteiger partial charge in [-0.25, -0.2) is 0 Å². The minimum absolute atomic E-state index is 0.0984. The normalized spacial score (nSPS) is 28.4. The van der Waals surface area contributed by atoms with E-state index in [1.165, 1.54) is 6.42 Å². The summed E-state index contributed by atoms with van der Waals surface area (Å²) in [4.78, 5) is 0. The van der Waals surface area contributed by atoms with E-state index in [2.05, 4.69) is 15.9 Å². The van der Waals surface area contributed by atoms with E-state index < -0.39 is 0 Å². The van der Waals surface area contributed by atoms with Crippen LogP contribution in [-0.2, 0) is 4.74 Å². The topological polar surface area (TPSA) is 29.5 Å². The van der Waals surface area contributed by atoms with Crippen molar-refractivity contribution in [3.05, 3.63) is 0 Å². The van der Waals surface area contributed by atoms with Crippen LogP contribution in [0.15, 0.2) is 0 Å². The van der Waals surface area contributed by atoms with Crippen LogP contribution in [0.4, 0.5) is 0 Å². The van der Waals surface area contributed by atoms with Crippen molar-refractivity contribution in [2.75, 3.05) is 11.9 Å². The summed E-state index contributed by atoms with van der Waals surface area (Å²) in [7, 11) is 0. The van der Waals surface area contributed by atoms with Crippen molar-refractivity contribution in [1.82, 2.24) is 0 Å². The Bertz CT molecular complexity index is 102. The fraction of sp³-hybridized carbons (Fsp3) is 1.00. The molecule has 1 saturated heterocycles. The highest BCUT2D eigenvalue weighted by Crippen LogP contribution is 2.17. The predicted molar refractivity (Wildman–Crippen MR) is 48.0 cm³/mol. The summed E-state index contributed by atoms with van der Waals surface area (Å²) < 4.78 is 5.42. The van der Waals surface area contributed by atoms with Gasteiger partial charge in [-0.15, -0.1) is 0 Å². The number of hydrogen-bond acceptors (Lipinski definition) is 2. The molecule has 0 radical (unpaired) electrons. The van der Waals surface area contributed by atoms with Crippen molar-refractivity contribution < 1.29 is 9.84 Å². The maximum absolute atomic E-state index is 9.52. The molecule has 2 nitrogen and oxygen atoms in total. The van der Waals surface area contributed by atoms with E-state index in [4.69, 9.17) is 4.74 Å². The van der Waals surface area contributed by atoms with Gasteiger partial charge in [0, 0.05) is 11.9 Å². The van der Waals surface area contributed by atoms with E-state index in [9.17, 15) is 5.11 Å². The third-order valence-electron chi connectivity index (χ3n) is 2.05. The van der Waals surface area contributed by atoms with Crippen LogP contribution < -0.4 is 0 Å². The molecule has 1 rings (SSSR count). The minimum atomic E-state index is -0.269. The van der Waals surface area contributed by atoms with Gasteiger partial charge in [-0.2, -0.15) is 0 Å². The zero-order valence-corrected chi connectivity index (χ0v) is 8.22. The molecule has 1 aliphatic rings. The molecule has 1 heterocycles. The maximum Gasteiger partial charge on any atom is 0.0834 e. The first kappa shape index (κ1) is 9.49. The van der Waals surface area contributed by atoms with E-state index in [1.807, 2.05) is 0 Å². The highest BCUT2D eigenvalue weighted by Gasteiger charge is 2.21. The summed E-state index contributed by atoms with van der Waals surface area (Å²) in [5, 5.41) is 10.4. The molecule has 1 aliphatic heterocycles. The molecular weight excluding hydrogens is 208 g/mol. The largest absolute Gasteiger partial charge is 0.390 e. The van der Waals surface area contributed by atoms with Crippen LogP contribution in [0.2, 0.25) is 0 Å². The van der Waals surface area contributed by atoms with Crippen molar-refractivity contribution in [3.8, 4) is 0 Å². The van der Waals surface area contributed by atoms with Gasteiger partial charge in [0.2, 0.25) is 0 Å². The van der Waals surface area contributed by atoms with Gasteiger partial charge in [0.1, 0.15) is 0 Å². The highest BCUT2D eigenvalue weighted by molar-refractivity contribution is 9.09. The average molecular weight is 223 g/mol. The van der Waals surface area contributed by atoms with E-state index in [-0.39, 0.29) is 12.2 Å². The predicted octanol–water partition coefficient (Wildman–Crippen LogP) is 1.70. The van der Waals surface area contributed by atoms with Crippen molar-refractivity contribution >= 4 is 15.9 Å². The Labute approximate surface area is 76.1 Å². The monoisotopic (exact) mass is 222 g/mol. The third kappa shape index (κ3) is 3.09. The molecule has 2 unspecified atom stereocenters. The van der Waals surface area contributed by atoms with Crippen molar-refractivity contribution in [3.63, 3.8) is 0 Å². The van der Waals surface area contributed by atoms with Crippen LogP contribution in [0.3, 0.4) is 0 Å². The number of alkyl halides is 1. The second kappa shape index (κ2) is 5.12. The van der Waals surface area contributed by atoms with Gasteiger partial charge in [0.25, 0.3) is 0 Å². The summed E-state index contributed by atoms with van der Waals surface area (Å²) in [6.07, 6.45) is 4.00. The Morgan fingerprint density at radius 2 is 2.36 bits per heavy atom. The fourth-order valence-electron chi connectivity index (χ4n) is 1.37. The van der Waals surface area contributed by atoms with Crippen LogP contribution in [0.5, 0.6) is 0 Å². The number of aliphatic hydroxyl groups excluding tert-OH is 1. The lowest BCUT2D eigenvalue weighted by Crippen LogP contribution is -2.32. The smallest absolute Gasteiger partial charge is 0.0834 e. The molecule has 66 valence electrons. The second-order valence-corrected chi connectivity index (χ2v) is 3.74. The van der Waals surface area contributed by atoms with Crippen LogP contribution in [0.1, 0.15) is 25.7 Å². The van der Waals surface area contributed by atoms with Gasteiger partial charge < -0.3 is 9.84 Å². The molecule has 0 bridgehead atoms. The lowest BCUT2D eigenvalue weighted by Gasteiger charge is -2.26. The number of halogens is 1. The minimum Gasteiger partial charge on any atom is -0.390 e. The van der Waals surface area contributed by atoms with Crippen molar-refractivity contribution in [2.24, 2.45) is 0 Å². The maximum atomic E-state index is 9.52. The number of aliphatic hydroxyl groups is 1. The van der Waals surface area contributed by atoms with E-state index >= 15 is 0 Å². The first-order valence-corrected chi connectivity index (χ1v) is 5.32. The van der Waals surface area contributed by atoms with Gasteiger partial charge >= 0.3 is 0 Å². The number of rotatable bonds is 3. The van der Waals surface area contributed by atoms with Crippen molar-refractivity contribution in [2.45, 2.75) is 37.9 Å². The van der Waals surface area contributed by atoms with Crippen molar-refractivity contribution in [1.29, 1.82) is 0 Å². The first-order chi connectivity index (χ1) is 5.34. The lowest BCUT2D eigenvalue weighted by molar-refractivity contribution is -0.0620. The molecule has 1 N–H and O–H groups in total. The molecule has 0 aromatic carbocycles. The quantitative estimate of drug-likeness (QED) is 0.738. The van der Waals surface area contributed by atoms with Crippen LogP contribution >= 0.6 is 15.9 Å². The molecule has 0 aliphatic carbocycles. The highest BCUT2D eigenvalue weighted by atomic mass is 79.9.